The molecule has 29 heavy (non-hydrogen) atoms. The monoisotopic (exact) mass is 443 g/mol. The van der Waals surface area contributed by atoms with E-state index in [4.69, 9.17) is 21.4 Å². The van der Waals surface area contributed by atoms with Crippen molar-refractivity contribution in [3.63, 3.8) is 0 Å². The fourth-order valence-electron chi connectivity index (χ4n) is 2.59. The van der Waals surface area contributed by atoms with Crippen molar-refractivity contribution in [2.24, 2.45) is 0 Å². The lowest BCUT2D eigenvalue weighted by Gasteiger charge is -2.13. The smallest absolute Gasteiger partial charge is 0.394 e. The predicted molar refractivity (Wildman–Crippen MR) is 105 cm³/mol. The van der Waals surface area contributed by atoms with E-state index >= 15 is 0 Å². The van der Waals surface area contributed by atoms with Gasteiger partial charge in [-0.1, -0.05) is 41.6 Å². The van der Waals surface area contributed by atoms with Crippen molar-refractivity contribution in [1.29, 1.82) is 0 Å². The fourth-order valence-corrected chi connectivity index (χ4v) is 3.62. The number of aliphatic hydroxyl groups is 1. The molecular weight excluding hydrogens is 427 g/mol. The van der Waals surface area contributed by atoms with Crippen molar-refractivity contribution in [3.05, 3.63) is 59.1 Å². The van der Waals surface area contributed by atoms with E-state index in [1.165, 1.54) is 17.8 Å². The number of hydrogen-bond acceptors (Lipinski definition) is 5. The van der Waals surface area contributed by atoms with E-state index in [1.54, 1.807) is 34.9 Å². The molecule has 0 aliphatic rings. The molecule has 0 spiro atoms. The van der Waals surface area contributed by atoms with Crippen LogP contribution < -0.4 is 0 Å². The van der Waals surface area contributed by atoms with Crippen LogP contribution in [-0.2, 0) is 10.9 Å². The van der Waals surface area contributed by atoms with Crippen LogP contribution in [0.5, 0.6) is 0 Å². The van der Waals surface area contributed by atoms with Crippen LogP contribution in [0.3, 0.4) is 0 Å². The van der Waals surface area contributed by atoms with Crippen LogP contribution in [0.15, 0.2) is 53.7 Å². The van der Waals surface area contributed by atoms with Gasteiger partial charge in [0.25, 0.3) is 0 Å². The number of halogens is 4. The molecule has 0 fully saturated rings. The molecule has 1 heterocycles. The molecule has 10 heteroatoms. The highest BCUT2D eigenvalue weighted by molar-refractivity contribution is 7.99. The quantitative estimate of drug-likeness (QED) is 0.403. The van der Waals surface area contributed by atoms with Gasteiger partial charge in [-0.05, 0) is 30.3 Å². The van der Waals surface area contributed by atoms with E-state index in [-0.39, 0.29) is 18.9 Å². The average Bonchev–Trinajstić information content (AvgIpc) is 3.11. The van der Waals surface area contributed by atoms with Crippen molar-refractivity contribution < 1.29 is 23.0 Å². The Labute approximate surface area is 174 Å². The number of ether oxygens (including phenoxy) is 1. The minimum atomic E-state index is -4.47. The van der Waals surface area contributed by atoms with Gasteiger partial charge in [-0.2, -0.15) is 13.2 Å². The Balaban J connectivity index is 2.02. The van der Waals surface area contributed by atoms with Crippen LogP contribution in [0.25, 0.3) is 17.1 Å². The number of rotatable bonds is 8. The van der Waals surface area contributed by atoms with Crippen LogP contribution >= 0.6 is 23.4 Å². The minimum absolute atomic E-state index is 0.0816. The summed E-state index contributed by atoms with van der Waals surface area (Å²) in [5, 5.41) is 17.9. The van der Waals surface area contributed by atoms with Gasteiger partial charge in [-0.15, -0.1) is 10.2 Å². The Hall–Kier alpha value is -2.07. The first-order chi connectivity index (χ1) is 13.9. The minimum Gasteiger partial charge on any atom is -0.394 e. The number of alkyl halides is 3. The second kappa shape index (κ2) is 9.62. The summed E-state index contributed by atoms with van der Waals surface area (Å²) in [6.07, 6.45) is -4.47. The van der Waals surface area contributed by atoms with Gasteiger partial charge in [0, 0.05) is 11.3 Å². The number of hydrogen-bond donors (Lipinski definition) is 1. The highest BCUT2D eigenvalue weighted by atomic mass is 35.5. The van der Waals surface area contributed by atoms with Gasteiger partial charge >= 0.3 is 6.18 Å². The summed E-state index contributed by atoms with van der Waals surface area (Å²) < 4.78 is 46.4. The molecule has 0 unspecified atom stereocenters. The molecule has 0 aliphatic carbocycles. The van der Waals surface area contributed by atoms with Gasteiger partial charge in [0.2, 0.25) is 0 Å². The normalized spacial score (nSPS) is 11.8. The predicted octanol–water partition coefficient (Wildman–Crippen LogP) is 4.71. The largest absolute Gasteiger partial charge is 0.416 e. The lowest BCUT2D eigenvalue weighted by Crippen LogP contribution is -2.08. The Morgan fingerprint density at radius 2 is 1.86 bits per heavy atom. The fraction of sp³-hybridized carbons (Fsp3) is 0.263. The molecule has 2 aromatic carbocycles. The molecule has 0 atom stereocenters. The second-order valence-electron chi connectivity index (χ2n) is 5.85. The van der Waals surface area contributed by atoms with Crippen LogP contribution in [0, 0.1) is 0 Å². The summed E-state index contributed by atoms with van der Waals surface area (Å²) in [5.74, 6) is 0.827. The molecule has 3 aromatic rings. The van der Waals surface area contributed by atoms with Crippen LogP contribution in [0.4, 0.5) is 13.2 Å². The summed E-state index contributed by atoms with van der Waals surface area (Å²) in [4.78, 5) is 0. The summed E-state index contributed by atoms with van der Waals surface area (Å²) in [6, 6.07) is 11.9. The van der Waals surface area contributed by atoms with Crippen molar-refractivity contribution in [2.75, 3.05) is 25.6 Å². The standard InChI is InChI=1S/C19H17ClF3N3O2S/c20-16-7-2-1-6-15(16)17-24-25-18(29-11-10-28-9-8-27)26(17)14-5-3-4-13(12-14)19(21,22)23/h1-7,12,27H,8-11H2. The molecule has 0 amide bonds. The number of aromatic nitrogens is 3. The Bertz CT molecular complexity index is 966. The van der Waals surface area contributed by atoms with E-state index in [0.29, 0.717) is 33.9 Å². The molecule has 0 saturated heterocycles. The zero-order chi connectivity index (χ0) is 20.9. The molecule has 154 valence electrons. The van der Waals surface area contributed by atoms with Crippen molar-refractivity contribution in [3.8, 4) is 17.1 Å². The molecule has 0 radical (unpaired) electrons. The molecule has 0 bridgehead atoms. The van der Waals surface area contributed by atoms with Crippen molar-refractivity contribution >= 4 is 23.4 Å². The molecule has 1 aromatic heterocycles. The molecule has 0 saturated carbocycles. The molecular formula is C19H17ClF3N3O2S. The molecule has 1 N–H and O–H groups in total. The van der Waals surface area contributed by atoms with Gasteiger partial charge in [0.05, 0.1) is 36.1 Å². The van der Waals surface area contributed by atoms with Gasteiger partial charge in [0.1, 0.15) is 0 Å². The summed E-state index contributed by atoms with van der Waals surface area (Å²) >= 11 is 7.57. The molecule has 3 rings (SSSR count). The van der Waals surface area contributed by atoms with Crippen LogP contribution in [0.1, 0.15) is 5.56 Å². The first-order valence-electron chi connectivity index (χ1n) is 8.61. The second-order valence-corrected chi connectivity index (χ2v) is 7.32. The van der Waals surface area contributed by atoms with Gasteiger partial charge < -0.3 is 9.84 Å². The number of thioether (sulfide) groups is 1. The highest BCUT2D eigenvalue weighted by Crippen LogP contribution is 2.34. The lowest BCUT2D eigenvalue weighted by molar-refractivity contribution is -0.137. The summed E-state index contributed by atoms with van der Waals surface area (Å²) in [5.41, 5.74) is 0.0667. The van der Waals surface area contributed by atoms with Gasteiger partial charge in [0.15, 0.2) is 11.0 Å². The average molecular weight is 444 g/mol. The molecule has 5 nitrogen and oxygen atoms in total. The zero-order valence-electron chi connectivity index (χ0n) is 15.1. The van der Waals surface area contributed by atoms with Gasteiger partial charge in [-0.3, -0.25) is 4.57 Å². The maximum Gasteiger partial charge on any atom is 0.416 e. The maximum absolute atomic E-state index is 13.2. The van der Waals surface area contributed by atoms with Gasteiger partial charge in [-0.25, -0.2) is 0 Å². The van der Waals surface area contributed by atoms with E-state index in [9.17, 15) is 13.2 Å². The number of aliphatic hydroxyl groups excluding tert-OH is 1. The SMILES string of the molecule is OCCOCCSc1nnc(-c2ccccc2Cl)n1-c1cccc(C(F)(F)F)c1. The third-order valence-electron chi connectivity index (χ3n) is 3.87. The number of benzene rings is 2. The third-order valence-corrected chi connectivity index (χ3v) is 5.10. The van der Waals surface area contributed by atoms with E-state index in [2.05, 4.69) is 10.2 Å². The third kappa shape index (κ3) is 5.30. The highest BCUT2D eigenvalue weighted by Gasteiger charge is 2.31. The van der Waals surface area contributed by atoms with Crippen molar-refractivity contribution in [1.82, 2.24) is 14.8 Å². The maximum atomic E-state index is 13.2. The number of nitrogens with zero attached hydrogens (tertiary/aromatic N) is 3. The first-order valence-corrected chi connectivity index (χ1v) is 9.97. The summed E-state index contributed by atoms with van der Waals surface area (Å²) in [6.45, 7) is 0.482. The van der Waals surface area contributed by atoms with Crippen LogP contribution in [-0.4, -0.2) is 45.4 Å². The Morgan fingerprint density at radius 1 is 1.07 bits per heavy atom. The topological polar surface area (TPSA) is 60.2 Å². The van der Waals surface area contributed by atoms with Crippen molar-refractivity contribution in [2.45, 2.75) is 11.3 Å². The first kappa shape index (κ1) is 21.6. The van der Waals surface area contributed by atoms with Crippen LogP contribution in [0.2, 0.25) is 5.02 Å². The lowest BCUT2D eigenvalue weighted by atomic mass is 10.1. The molecule has 0 aliphatic heterocycles. The van der Waals surface area contributed by atoms with E-state index < -0.39 is 11.7 Å². The Morgan fingerprint density at radius 3 is 2.59 bits per heavy atom. The Kier molecular flexibility index (Phi) is 7.18. The van der Waals surface area contributed by atoms with E-state index in [0.717, 1.165) is 12.1 Å². The van der Waals surface area contributed by atoms with E-state index in [1.807, 2.05) is 0 Å². The summed E-state index contributed by atoms with van der Waals surface area (Å²) in [7, 11) is 0. The zero-order valence-corrected chi connectivity index (χ0v) is 16.6.